The van der Waals surface area contributed by atoms with Crippen molar-refractivity contribution in [1.82, 2.24) is 10.3 Å². The number of rotatable bonds is 10. The third kappa shape index (κ3) is 7.36. The summed E-state index contributed by atoms with van der Waals surface area (Å²) in [5.74, 6) is -1.06. The second-order valence-corrected chi connectivity index (χ2v) is 12.8. The third-order valence-electron chi connectivity index (χ3n) is 8.18. The van der Waals surface area contributed by atoms with Crippen LogP contribution in [-0.4, -0.2) is 22.7 Å². The maximum absolute atomic E-state index is 13.9. The number of carbonyl (C=O) groups excluding carboxylic acids is 3. The number of hydrogen-bond acceptors (Lipinski definition) is 4. The summed E-state index contributed by atoms with van der Waals surface area (Å²) in [5, 5.41) is 11.3. The number of fused-ring (bicyclic) bond motifs is 2. The molecular weight excluding hydrogens is 641 g/mol. The first-order valence-corrected chi connectivity index (χ1v) is 17.0. The Kier molecular flexibility index (Phi) is 9.53. The van der Waals surface area contributed by atoms with Crippen molar-refractivity contribution in [2.45, 2.75) is 10.1 Å². The maximum atomic E-state index is 13.9. The summed E-state index contributed by atoms with van der Waals surface area (Å²) in [7, 11) is 0. The number of hydrogen-bond donors (Lipinski definition) is 4. The summed E-state index contributed by atoms with van der Waals surface area (Å²) in [5.41, 5.74) is 4.27. The summed E-state index contributed by atoms with van der Waals surface area (Å²) in [6.45, 7) is 0. The van der Waals surface area contributed by atoms with Gasteiger partial charge in [0.05, 0.1) is 0 Å². The molecule has 1 atom stereocenters. The molecule has 0 saturated heterocycles. The van der Waals surface area contributed by atoms with Gasteiger partial charge < -0.3 is 20.9 Å². The summed E-state index contributed by atoms with van der Waals surface area (Å²) in [6.07, 6.45) is 3.47. The normalized spacial score (nSPS) is 12.0. The summed E-state index contributed by atoms with van der Waals surface area (Å²) < 4.78 is 0. The topological polar surface area (TPSA) is 103 Å². The lowest BCUT2D eigenvalue weighted by Gasteiger charge is -2.18. The van der Waals surface area contributed by atoms with E-state index >= 15 is 0 Å². The SMILES string of the molecule is O=C(Nc1cccc(SC(C(=O)Nc2cccc3ccccc23)c2ccccc2)c1)/C(=C/c1c[nH]c2ccccc12)NC(=O)c1ccccc1. The molecule has 0 bridgehead atoms. The molecule has 7 aromatic rings. The number of carbonyl (C=O) groups is 3. The zero-order valence-electron chi connectivity index (χ0n) is 26.8. The van der Waals surface area contributed by atoms with Crippen LogP contribution in [0.4, 0.5) is 11.4 Å². The van der Waals surface area contributed by atoms with Crippen molar-refractivity contribution in [2.24, 2.45) is 0 Å². The molecule has 1 aromatic heterocycles. The Morgan fingerprint density at radius 2 is 1.34 bits per heavy atom. The van der Waals surface area contributed by atoms with Gasteiger partial charge in [-0.15, -0.1) is 11.8 Å². The Hall–Kier alpha value is -6.38. The Labute approximate surface area is 293 Å². The lowest BCUT2D eigenvalue weighted by Crippen LogP contribution is -2.30. The van der Waals surface area contributed by atoms with Crippen LogP contribution in [-0.2, 0) is 9.59 Å². The van der Waals surface area contributed by atoms with Crippen LogP contribution in [0, 0.1) is 0 Å². The van der Waals surface area contributed by atoms with Gasteiger partial charge in [-0.05, 0) is 59.5 Å². The van der Waals surface area contributed by atoms with Gasteiger partial charge in [-0.25, -0.2) is 0 Å². The molecule has 0 radical (unpaired) electrons. The van der Waals surface area contributed by atoms with E-state index in [2.05, 4.69) is 20.9 Å². The number of thioether (sulfide) groups is 1. The van der Waals surface area contributed by atoms with Crippen LogP contribution < -0.4 is 16.0 Å². The lowest BCUT2D eigenvalue weighted by atomic mass is 10.1. The number of H-pyrrole nitrogens is 1. The molecular formula is C42H32N4O3S. The highest BCUT2D eigenvalue weighted by Gasteiger charge is 2.23. The third-order valence-corrected chi connectivity index (χ3v) is 9.43. The van der Waals surface area contributed by atoms with Gasteiger partial charge in [0.15, 0.2) is 0 Å². The van der Waals surface area contributed by atoms with E-state index in [1.165, 1.54) is 11.8 Å². The van der Waals surface area contributed by atoms with E-state index in [1.54, 1.807) is 42.6 Å². The minimum atomic E-state index is -0.580. The predicted molar refractivity (Wildman–Crippen MR) is 203 cm³/mol. The van der Waals surface area contributed by atoms with Gasteiger partial charge in [0.1, 0.15) is 10.9 Å². The molecule has 7 rings (SSSR count). The van der Waals surface area contributed by atoms with E-state index in [4.69, 9.17) is 0 Å². The highest BCUT2D eigenvalue weighted by molar-refractivity contribution is 8.00. The molecule has 0 aliphatic heterocycles. The van der Waals surface area contributed by atoms with Gasteiger partial charge in [-0.1, -0.05) is 109 Å². The number of aromatic amines is 1. The molecule has 0 fully saturated rings. The fraction of sp³-hybridized carbons (Fsp3) is 0.0238. The van der Waals surface area contributed by atoms with Gasteiger partial charge in [-0.3, -0.25) is 14.4 Å². The molecule has 1 unspecified atom stereocenters. The van der Waals surface area contributed by atoms with Gasteiger partial charge in [-0.2, -0.15) is 0 Å². The summed E-state index contributed by atoms with van der Waals surface area (Å²) in [4.78, 5) is 45.0. The Bertz CT molecular complexity index is 2350. The van der Waals surface area contributed by atoms with Crippen LogP contribution in [0.3, 0.4) is 0 Å². The van der Waals surface area contributed by atoms with Gasteiger partial charge in [0, 0.05) is 49.9 Å². The first kappa shape index (κ1) is 32.2. The van der Waals surface area contributed by atoms with E-state index in [0.29, 0.717) is 11.3 Å². The van der Waals surface area contributed by atoms with E-state index in [9.17, 15) is 14.4 Å². The molecule has 7 nitrogen and oxygen atoms in total. The smallest absolute Gasteiger partial charge is 0.272 e. The quantitative estimate of drug-likeness (QED) is 0.0859. The number of nitrogens with one attached hydrogen (secondary N) is 4. The molecule has 0 aliphatic rings. The Morgan fingerprint density at radius 1 is 0.660 bits per heavy atom. The van der Waals surface area contributed by atoms with Crippen molar-refractivity contribution in [3.8, 4) is 0 Å². The van der Waals surface area contributed by atoms with Crippen LogP contribution >= 0.6 is 11.8 Å². The monoisotopic (exact) mass is 672 g/mol. The Balaban J connectivity index is 1.15. The molecule has 0 aliphatic carbocycles. The molecule has 6 aromatic carbocycles. The van der Waals surface area contributed by atoms with E-state index in [1.807, 2.05) is 121 Å². The minimum absolute atomic E-state index is 0.0817. The standard InChI is InChI=1S/C42H32N4O3S/c47-40(30-16-5-2-6-17-30)46-38(25-31-27-43-36-23-10-9-22-35(31)36)41(48)44-32-19-12-20-33(26-32)50-39(29-14-3-1-4-15-29)42(49)45-37-24-11-18-28-13-7-8-21-34(28)37/h1-27,39,43H,(H,44,48)(H,45,49)(H,46,47)/b38-25-. The average molecular weight is 673 g/mol. The molecule has 1 heterocycles. The zero-order chi connectivity index (χ0) is 34.3. The summed E-state index contributed by atoms with van der Waals surface area (Å²) >= 11 is 1.39. The number of aromatic nitrogens is 1. The van der Waals surface area contributed by atoms with Gasteiger partial charge in [0.2, 0.25) is 5.91 Å². The van der Waals surface area contributed by atoms with Crippen LogP contribution in [0.2, 0.25) is 0 Å². The highest BCUT2D eigenvalue weighted by atomic mass is 32.2. The van der Waals surface area contributed by atoms with Crippen molar-refractivity contribution >= 4 is 68.6 Å². The largest absolute Gasteiger partial charge is 0.361 e. The molecule has 0 saturated carbocycles. The first-order valence-electron chi connectivity index (χ1n) is 16.1. The second-order valence-electron chi connectivity index (χ2n) is 11.6. The molecule has 4 N–H and O–H groups in total. The van der Waals surface area contributed by atoms with Crippen molar-refractivity contribution < 1.29 is 14.4 Å². The molecule has 0 spiro atoms. The number of benzene rings is 6. The van der Waals surface area contributed by atoms with Gasteiger partial charge >= 0.3 is 0 Å². The molecule has 3 amide bonds. The second kappa shape index (κ2) is 14.8. The fourth-order valence-corrected chi connectivity index (χ4v) is 6.81. The van der Waals surface area contributed by atoms with Crippen LogP contribution in [0.5, 0.6) is 0 Å². The van der Waals surface area contributed by atoms with Crippen molar-refractivity contribution in [3.63, 3.8) is 0 Å². The van der Waals surface area contributed by atoms with Gasteiger partial charge in [0.25, 0.3) is 11.8 Å². The van der Waals surface area contributed by atoms with Crippen LogP contribution in [0.15, 0.2) is 168 Å². The zero-order valence-corrected chi connectivity index (χ0v) is 27.6. The van der Waals surface area contributed by atoms with Crippen molar-refractivity contribution in [3.05, 3.63) is 180 Å². The number of para-hydroxylation sites is 1. The fourth-order valence-electron chi connectivity index (χ4n) is 5.73. The van der Waals surface area contributed by atoms with Crippen molar-refractivity contribution in [1.29, 1.82) is 0 Å². The summed E-state index contributed by atoms with van der Waals surface area (Å²) in [6, 6.07) is 47.2. The minimum Gasteiger partial charge on any atom is -0.361 e. The number of amides is 3. The average Bonchev–Trinajstić information content (AvgIpc) is 3.57. The highest BCUT2D eigenvalue weighted by Crippen LogP contribution is 2.38. The molecule has 244 valence electrons. The predicted octanol–water partition coefficient (Wildman–Crippen LogP) is 9.20. The van der Waals surface area contributed by atoms with Crippen LogP contribution in [0.25, 0.3) is 27.8 Å². The maximum Gasteiger partial charge on any atom is 0.272 e. The van der Waals surface area contributed by atoms with E-state index in [-0.39, 0.29) is 11.6 Å². The van der Waals surface area contributed by atoms with E-state index < -0.39 is 17.1 Å². The Morgan fingerprint density at radius 3 is 2.16 bits per heavy atom. The first-order chi connectivity index (χ1) is 24.5. The lowest BCUT2D eigenvalue weighted by molar-refractivity contribution is -0.116. The van der Waals surface area contributed by atoms with Crippen molar-refractivity contribution in [2.75, 3.05) is 10.6 Å². The number of anilines is 2. The molecule has 50 heavy (non-hydrogen) atoms. The van der Waals surface area contributed by atoms with Crippen LogP contribution in [0.1, 0.15) is 26.7 Å². The van der Waals surface area contributed by atoms with E-state index in [0.717, 1.165) is 43.4 Å². The molecule has 8 heteroatoms.